The van der Waals surface area contributed by atoms with Gasteiger partial charge in [-0.15, -0.1) is 0 Å². The van der Waals surface area contributed by atoms with Crippen LogP contribution in [0.2, 0.25) is 0 Å². The summed E-state index contributed by atoms with van der Waals surface area (Å²) < 4.78 is 32.9. The third-order valence-corrected chi connectivity index (χ3v) is 5.66. The lowest BCUT2D eigenvalue weighted by molar-refractivity contribution is -0.122. The summed E-state index contributed by atoms with van der Waals surface area (Å²) in [6, 6.07) is 5.77. The predicted octanol–water partition coefficient (Wildman–Crippen LogP) is 1.37. The molecule has 1 aromatic carbocycles. The van der Waals surface area contributed by atoms with Crippen LogP contribution in [0.1, 0.15) is 19.3 Å². The van der Waals surface area contributed by atoms with Crippen molar-refractivity contribution in [2.24, 2.45) is 0 Å². The van der Waals surface area contributed by atoms with Gasteiger partial charge in [-0.05, 0) is 43.4 Å². The van der Waals surface area contributed by atoms with Gasteiger partial charge in [0.25, 0.3) is 0 Å². The van der Waals surface area contributed by atoms with E-state index in [0.717, 1.165) is 12.8 Å². The number of hydrogen-bond donors (Lipinski definition) is 2. The molecule has 0 aromatic heterocycles. The Bertz CT molecular complexity index is 645. The minimum Gasteiger partial charge on any atom is -0.495 e. The van der Waals surface area contributed by atoms with Crippen molar-refractivity contribution in [2.45, 2.75) is 36.2 Å². The molecule has 128 valence electrons. The molecule has 0 aliphatic heterocycles. The number of ether oxygens (including phenoxy) is 1. The van der Waals surface area contributed by atoms with Crippen LogP contribution in [-0.4, -0.2) is 45.5 Å². The minimum absolute atomic E-state index is 0.0378. The first-order valence-corrected chi connectivity index (χ1v) is 10.3. The Hall–Kier alpha value is -1.25. The Morgan fingerprint density at radius 2 is 2.09 bits per heavy atom. The highest BCUT2D eigenvalue weighted by Crippen LogP contribution is 2.23. The number of carbonyl (C=O) groups excluding carboxylic acids is 1. The normalized spacial score (nSPS) is 15.9. The highest BCUT2D eigenvalue weighted by Gasteiger charge is 2.31. The fourth-order valence-corrected chi connectivity index (χ4v) is 3.97. The molecule has 0 saturated heterocycles. The quantitative estimate of drug-likeness (QED) is 0.697. The maximum atomic E-state index is 12.6. The molecule has 0 heterocycles. The molecule has 2 N–H and O–H groups in total. The van der Waals surface area contributed by atoms with E-state index >= 15 is 0 Å². The molecule has 0 spiro atoms. The van der Waals surface area contributed by atoms with E-state index in [-0.39, 0.29) is 22.6 Å². The monoisotopic (exact) mass is 358 g/mol. The molecule has 1 aromatic rings. The van der Waals surface area contributed by atoms with Gasteiger partial charge in [0.05, 0.1) is 7.11 Å². The van der Waals surface area contributed by atoms with Gasteiger partial charge >= 0.3 is 0 Å². The van der Waals surface area contributed by atoms with Crippen LogP contribution >= 0.6 is 11.8 Å². The minimum atomic E-state index is -3.84. The first-order valence-electron chi connectivity index (χ1n) is 7.42. The zero-order valence-electron chi connectivity index (χ0n) is 13.2. The lowest BCUT2D eigenvalue weighted by Crippen LogP contribution is -2.47. The number of hydrogen-bond acceptors (Lipinski definition) is 5. The standard InChI is InChI=1S/C15H22N2O4S2/c1-21-13-5-3-4-6-14(13)23(19,20)17-12(9-10-22-2)15(18)16-11-7-8-11/h3-6,11-12,17H,7-10H2,1-2H3,(H,16,18). The van der Waals surface area contributed by atoms with Crippen molar-refractivity contribution in [1.29, 1.82) is 0 Å². The molecular weight excluding hydrogens is 336 g/mol. The van der Waals surface area contributed by atoms with Crippen molar-refractivity contribution in [3.63, 3.8) is 0 Å². The molecule has 2 rings (SSSR count). The van der Waals surface area contributed by atoms with Gasteiger partial charge in [0.1, 0.15) is 16.7 Å². The van der Waals surface area contributed by atoms with E-state index in [1.165, 1.54) is 13.2 Å². The number of benzene rings is 1. The molecule has 1 unspecified atom stereocenters. The molecule has 6 nitrogen and oxygen atoms in total. The molecule has 0 bridgehead atoms. The van der Waals surface area contributed by atoms with Gasteiger partial charge in [0, 0.05) is 6.04 Å². The van der Waals surface area contributed by atoms with E-state index in [1.807, 2.05) is 6.26 Å². The van der Waals surface area contributed by atoms with Crippen LogP contribution in [0.3, 0.4) is 0 Å². The number of para-hydroxylation sites is 1. The molecule has 1 aliphatic carbocycles. The van der Waals surface area contributed by atoms with Gasteiger partial charge in [-0.1, -0.05) is 12.1 Å². The lowest BCUT2D eigenvalue weighted by Gasteiger charge is -2.19. The third kappa shape index (κ3) is 5.12. The van der Waals surface area contributed by atoms with E-state index in [2.05, 4.69) is 10.0 Å². The number of carbonyl (C=O) groups is 1. The van der Waals surface area contributed by atoms with Gasteiger partial charge < -0.3 is 10.1 Å². The zero-order chi connectivity index (χ0) is 16.9. The zero-order valence-corrected chi connectivity index (χ0v) is 14.9. The Morgan fingerprint density at radius 1 is 1.39 bits per heavy atom. The maximum Gasteiger partial charge on any atom is 0.244 e. The molecule has 1 fully saturated rings. The molecule has 0 radical (unpaired) electrons. The largest absolute Gasteiger partial charge is 0.495 e. The van der Waals surface area contributed by atoms with Crippen LogP contribution in [0.5, 0.6) is 5.75 Å². The lowest BCUT2D eigenvalue weighted by atomic mass is 10.2. The smallest absolute Gasteiger partial charge is 0.244 e. The Kier molecular flexibility index (Phi) is 6.32. The van der Waals surface area contributed by atoms with E-state index in [4.69, 9.17) is 4.74 Å². The van der Waals surface area contributed by atoms with Crippen LogP contribution in [0.4, 0.5) is 0 Å². The Labute approximate surface area is 141 Å². The Morgan fingerprint density at radius 3 is 2.70 bits per heavy atom. The van der Waals surface area contributed by atoms with Crippen LogP contribution in [-0.2, 0) is 14.8 Å². The van der Waals surface area contributed by atoms with Crippen molar-refractivity contribution in [3.8, 4) is 5.75 Å². The van der Waals surface area contributed by atoms with Crippen LogP contribution in [0.25, 0.3) is 0 Å². The van der Waals surface area contributed by atoms with Crippen LogP contribution < -0.4 is 14.8 Å². The summed E-state index contributed by atoms with van der Waals surface area (Å²) in [7, 11) is -2.42. The second-order valence-electron chi connectivity index (χ2n) is 5.39. The number of methoxy groups -OCH3 is 1. The number of sulfonamides is 1. The van der Waals surface area contributed by atoms with Crippen LogP contribution in [0.15, 0.2) is 29.2 Å². The second-order valence-corrected chi connectivity index (χ2v) is 8.06. The fourth-order valence-electron chi connectivity index (χ4n) is 2.10. The van der Waals surface area contributed by atoms with Crippen LogP contribution in [0, 0.1) is 0 Å². The number of amides is 1. The van der Waals surface area contributed by atoms with E-state index < -0.39 is 16.1 Å². The van der Waals surface area contributed by atoms with Gasteiger partial charge in [-0.2, -0.15) is 16.5 Å². The summed E-state index contributed by atoms with van der Waals surface area (Å²) in [4.78, 5) is 12.3. The van der Waals surface area contributed by atoms with Crippen molar-refractivity contribution in [3.05, 3.63) is 24.3 Å². The average Bonchev–Trinajstić information content (AvgIpc) is 3.35. The van der Waals surface area contributed by atoms with Crippen molar-refractivity contribution in [2.75, 3.05) is 19.1 Å². The third-order valence-electron chi connectivity index (χ3n) is 3.51. The molecular formula is C15H22N2O4S2. The predicted molar refractivity (Wildman–Crippen MR) is 91.3 cm³/mol. The SMILES string of the molecule is COc1ccccc1S(=O)(=O)NC(CCSC)C(=O)NC1CC1. The average molecular weight is 358 g/mol. The second kappa shape index (κ2) is 8.03. The van der Waals surface area contributed by atoms with Crippen molar-refractivity contribution in [1.82, 2.24) is 10.0 Å². The highest BCUT2D eigenvalue weighted by molar-refractivity contribution is 7.98. The summed E-state index contributed by atoms with van der Waals surface area (Å²) >= 11 is 1.57. The summed E-state index contributed by atoms with van der Waals surface area (Å²) in [6.07, 6.45) is 4.28. The Balaban J connectivity index is 2.16. The highest BCUT2D eigenvalue weighted by atomic mass is 32.2. The number of rotatable bonds is 9. The van der Waals surface area contributed by atoms with E-state index in [1.54, 1.807) is 30.0 Å². The van der Waals surface area contributed by atoms with Crippen molar-refractivity contribution < 1.29 is 17.9 Å². The number of nitrogens with one attached hydrogen (secondary N) is 2. The first-order chi connectivity index (χ1) is 11.0. The van der Waals surface area contributed by atoms with E-state index in [9.17, 15) is 13.2 Å². The van der Waals surface area contributed by atoms with E-state index in [0.29, 0.717) is 12.2 Å². The molecule has 1 amide bonds. The molecule has 8 heteroatoms. The van der Waals surface area contributed by atoms with Gasteiger partial charge in [0.15, 0.2) is 0 Å². The molecule has 1 saturated carbocycles. The topological polar surface area (TPSA) is 84.5 Å². The number of thioether (sulfide) groups is 1. The summed E-state index contributed by atoms with van der Waals surface area (Å²) in [5.74, 6) is 0.684. The first kappa shape index (κ1) is 18.1. The van der Waals surface area contributed by atoms with Gasteiger partial charge in [0.2, 0.25) is 15.9 Å². The molecule has 1 aliphatic rings. The fraction of sp³-hybridized carbons (Fsp3) is 0.533. The van der Waals surface area contributed by atoms with Crippen molar-refractivity contribution >= 4 is 27.7 Å². The summed E-state index contributed by atoms with van der Waals surface area (Å²) in [5.41, 5.74) is 0. The summed E-state index contributed by atoms with van der Waals surface area (Å²) in [6.45, 7) is 0. The van der Waals surface area contributed by atoms with Gasteiger partial charge in [-0.25, -0.2) is 8.42 Å². The maximum absolute atomic E-state index is 12.6. The molecule has 23 heavy (non-hydrogen) atoms. The molecule has 1 atom stereocenters. The summed E-state index contributed by atoms with van der Waals surface area (Å²) in [5, 5.41) is 2.86. The van der Waals surface area contributed by atoms with Gasteiger partial charge in [-0.3, -0.25) is 4.79 Å².